The largest absolute Gasteiger partial charge is 0.353 e. The number of likely N-dealkylation sites (tertiary alicyclic amines) is 1. The molecule has 1 N–H and O–H groups in total. The minimum atomic E-state index is 0.0688. The highest BCUT2D eigenvalue weighted by molar-refractivity contribution is 5.84. The molecule has 4 rings (SSSR count). The number of rotatable bonds is 5. The highest BCUT2D eigenvalue weighted by Gasteiger charge is 2.61. The second-order valence-corrected chi connectivity index (χ2v) is 7.57. The first-order valence-corrected chi connectivity index (χ1v) is 8.98. The summed E-state index contributed by atoms with van der Waals surface area (Å²) >= 11 is 0. The van der Waals surface area contributed by atoms with Crippen molar-refractivity contribution in [1.29, 1.82) is 0 Å². The second-order valence-electron chi connectivity index (χ2n) is 7.57. The topological polar surface area (TPSA) is 75.2 Å². The molecule has 0 unspecified atom stereocenters. The number of nitrogens with zero attached hydrogens (tertiary/aromatic N) is 3. The van der Waals surface area contributed by atoms with Crippen LogP contribution < -0.4 is 5.32 Å². The molecule has 1 aromatic heterocycles. The van der Waals surface area contributed by atoms with E-state index in [0.29, 0.717) is 18.9 Å². The molecular weight excluding hydrogens is 304 g/mol. The molecule has 1 aromatic rings. The summed E-state index contributed by atoms with van der Waals surface area (Å²) in [5, 5.41) is 3.16. The van der Waals surface area contributed by atoms with Gasteiger partial charge in [0.1, 0.15) is 6.33 Å². The van der Waals surface area contributed by atoms with Crippen molar-refractivity contribution in [3.8, 4) is 0 Å². The third kappa shape index (κ3) is 3.01. The number of carbonyl (C=O) groups is 2. The number of aryl methyl sites for hydroxylation is 1. The van der Waals surface area contributed by atoms with Crippen LogP contribution in [-0.4, -0.2) is 45.8 Å². The van der Waals surface area contributed by atoms with Crippen LogP contribution >= 0.6 is 0 Å². The maximum atomic E-state index is 12.4. The molecule has 2 amide bonds. The van der Waals surface area contributed by atoms with E-state index in [9.17, 15) is 9.59 Å². The lowest BCUT2D eigenvalue weighted by molar-refractivity contribution is -0.130. The number of hydrogen-bond acceptors (Lipinski definition) is 4. The fourth-order valence-corrected chi connectivity index (χ4v) is 4.00. The molecule has 1 spiro atoms. The Morgan fingerprint density at radius 2 is 2.08 bits per heavy atom. The van der Waals surface area contributed by atoms with Crippen LogP contribution in [0.4, 0.5) is 0 Å². The van der Waals surface area contributed by atoms with Crippen molar-refractivity contribution in [2.75, 3.05) is 13.1 Å². The van der Waals surface area contributed by atoms with Crippen molar-refractivity contribution in [2.45, 2.75) is 51.0 Å². The summed E-state index contributed by atoms with van der Waals surface area (Å²) in [6.45, 7) is 1.54. The summed E-state index contributed by atoms with van der Waals surface area (Å²) in [6.07, 6.45) is 11.6. The lowest BCUT2D eigenvalue weighted by atomic mass is 9.92. The molecule has 0 bridgehead atoms. The first-order valence-electron chi connectivity index (χ1n) is 8.98. The molecule has 0 radical (unpaired) electrons. The Morgan fingerprint density at radius 3 is 2.79 bits per heavy atom. The SMILES string of the molecule is O=C(NC1CCC1)[C@H]1C[C@]12CCN(C(=O)CCc1cncnc1)C2. The Labute approximate surface area is 142 Å². The van der Waals surface area contributed by atoms with Gasteiger partial charge in [-0.1, -0.05) is 0 Å². The molecule has 6 heteroatoms. The number of amides is 2. The van der Waals surface area contributed by atoms with E-state index in [1.54, 1.807) is 12.4 Å². The van der Waals surface area contributed by atoms with Gasteiger partial charge in [0.2, 0.25) is 11.8 Å². The number of aromatic nitrogens is 2. The van der Waals surface area contributed by atoms with Crippen LogP contribution in [0.3, 0.4) is 0 Å². The summed E-state index contributed by atoms with van der Waals surface area (Å²) in [7, 11) is 0. The maximum Gasteiger partial charge on any atom is 0.223 e. The van der Waals surface area contributed by atoms with E-state index in [1.165, 1.54) is 12.7 Å². The number of hydrogen-bond donors (Lipinski definition) is 1. The van der Waals surface area contributed by atoms with Crippen LogP contribution in [0, 0.1) is 11.3 Å². The fraction of sp³-hybridized carbons (Fsp3) is 0.667. The Kier molecular flexibility index (Phi) is 3.98. The Bertz CT molecular complexity index is 631. The second kappa shape index (κ2) is 6.15. The van der Waals surface area contributed by atoms with E-state index < -0.39 is 0 Å². The van der Waals surface area contributed by atoms with Crippen LogP contribution in [-0.2, 0) is 16.0 Å². The molecule has 0 aromatic carbocycles. The summed E-state index contributed by atoms with van der Waals surface area (Å²) in [5.41, 5.74) is 1.06. The summed E-state index contributed by atoms with van der Waals surface area (Å²) in [5.74, 6) is 0.523. The molecule has 2 saturated carbocycles. The molecule has 2 aliphatic carbocycles. The zero-order valence-corrected chi connectivity index (χ0v) is 13.9. The Hall–Kier alpha value is -1.98. The van der Waals surface area contributed by atoms with Gasteiger partial charge in [0.05, 0.1) is 0 Å². The van der Waals surface area contributed by atoms with Crippen LogP contribution in [0.5, 0.6) is 0 Å². The third-order valence-corrected chi connectivity index (χ3v) is 5.94. The van der Waals surface area contributed by atoms with Gasteiger partial charge >= 0.3 is 0 Å². The van der Waals surface area contributed by atoms with Gasteiger partial charge in [0.25, 0.3) is 0 Å². The molecule has 2 heterocycles. The molecule has 3 fully saturated rings. The van der Waals surface area contributed by atoms with Crippen LogP contribution in [0.1, 0.15) is 44.1 Å². The minimum Gasteiger partial charge on any atom is -0.353 e. The fourth-order valence-electron chi connectivity index (χ4n) is 4.00. The van der Waals surface area contributed by atoms with Gasteiger partial charge in [-0.2, -0.15) is 0 Å². The van der Waals surface area contributed by atoms with Gasteiger partial charge in [-0.25, -0.2) is 9.97 Å². The minimum absolute atomic E-state index is 0.0688. The Morgan fingerprint density at radius 1 is 1.29 bits per heavy atom. The van der Waals surface area contributed by atoms with E-state index in [2.05, 4.69) is 15.3 Å². The molecule has 6 nitrogen and oxygen atoms in total. The van der Waals surface area contributed by atoms with Gasteiger partial charge in [-0.3, -0.25) is 9.59 Å². The van der Waals surface area contributed by atoms with Crippen molar-refractivity contribution in [3.05, 3.63) is 24.3 Å². The molecule has 1 saturated heterocycles. The first kappa shape index (κ1) is 15.5. The molecule has 128 valence electrons. The zero-order valence-electron chi connectivity index (χ0n) is 13.9. The summed E-state index contributed by atoms with van der Waals surface area (Å²) in [4.78, 5) is 34.7. The maximum absolute atomic E-state index is 12.4. The lowest BCUT2D eigenvalue weighted by Gasteiger charge is -2.26. The molecular formula is C18H24N4O2. The first-order chi connectivity index (χ1) is 11.7. The van der Waals surface area contributed by atoms with Crippen molar-refractivity contribution in [2.24, 2.45) is 11.3 Å². The third-order valence-electron chi connectivity index (χ3n) is 5.94. The van der Waals surface area contributed by atoms with Crippen molar-refractivity contribution < 1.29 is 9.59 Å². The molecule has 1 aliphatic heterocycles. The zero-order chi connectivity index (χ0) is 16.6. The van der Waals surface area contributed by atoms with E-state index in [0.717, 1.165) is 44.3 Å². The number of nitrogens with one attached hydrogen (secondary N) is 1. The van der Waals surface area contributed by atoms with E-state index in [4.69, 9.17) is 0 Å². The lowest BCUT2D eigenvalue weighted by Crippen LogP contribution is -2.41. The van der Waals surface area contributed by atoms with Gasteiger partial charge in [0, 0.05) is 49.3 Å². The summed E-state index contributed by atoms with van der Waals surface area (Å²) < 4.78 is 0. The number of carbonyl (C=O) groups excluding carboxylic acids is 2. The molecule has 2 atom stereocenters. The van der Waals surface area contributed by atoms with Crippen LogP contribution in [0.25, 0.3) is 0 Å². The predicted molar refractivity (Wildman–Crippen MR) is 87.9 cm³/mol. The van der Waals surface area contributed by atoms with Gasteiger partial charge in [-0.15, -0.1) is 0 Å². The normalized spacial score (nSPS) is 28.7. The van der Waals surface area contributed by atoms with E-state index in [-0.39, 0.29) is 23.1 Å². The molecule has 3 aliphatic rings. The van der Waals surface area contributed by atoms with Crippen molar-refractivity contribution in [1.82, 2.24) is 20.2 Å². The monoisotopic (exact) mass is 328 g/mol. The highest BCUT2D eigenvalue weighted by atomic mass is 16.2. The van der Waals surface area contributed by atoms with Gasteiger partial charge in [0.15, 0.2) is 0 Å². The van der Waals surface area contributed by atoms with Crippen molar-refractivity contribution in [3.63, 3.8) is 0 Å². The standard InChI is InChI=1S/C18H24N4O2/c23-16(5-4-13-9-19-12-20-10-13)22-7-6-18(11-22)8-15(18)17(24)21-14-2-1-3-14/h9-10,12,14-15H,1-8,11H2,(H,21,24)/t15-,18+/m1/s1. The molecule has 24 heavy (non-hydrogen) atoms. The average Bonchev–Trinajstić information content (AvgIpc) is 3.10. The van der Waals surface area contributed by atoms with E-state index in [1.807, 2.05) is 4.90 Å². The average molecular weight is 328 g/mol. The van der Waals surface area contributed by atoms with Gasteiger partial charge in [-0.05, 0) is 44.1 Å². The van der Waals surface area contributed by atoms with Crippen molar-refractivity contribution >= 4 is 11.8 Å². The smallest absolute Gasteiger partial charge is 0.223 e. The Balaban J connectivity index is 1.26. The predicted octanol–water partition coefficient (Wildman–Crippen LogP) is 1.32. The quantitative estimate of drug-likeness (QED) is 0.884. The summed E-state index contributed by atoms with van der Waals surface area (Å²) in [6, 6.07) is 0.405. The van der Waals surface area contributed by atoms with Crippen LogP contribution in [0.2, 0.25) is 0 Å². The van der Waals surface area contributed by atoms with Gasteiger partial charge < -0.3 is 10.2 Å². The van der Waals surface area contributed by atoms with E-state index >= 15 is 0 Å². The van der Waals surface area contributed by atoms with Crippen LogP contribution in [0.15, 0.2) is 18.7 Å². The highest BCUT2D eigenvalue weighted by Crippen LogP contribution is 2.58.